The Morgan fingerprint density at radius 3 is 2.75 bits per heavy atom. The van der Waals surface area contributed by atoms with Gasteiger partial charge in [-0.3, -0.25) is 4.79 Å². The molecule has 2 aromatic rings. The van der Waals surface area contributed by atoms with Crippen LogP contribution in [0.3, 0.4) is 0 Å². The molecule has 1 amide bonds. The van der Waals surface area contributed by atoms with Crippen LogP contribution in [-0.4, -0.2) is 39.0 Å². The number of piperidine rings is 1. The minimum atomic E-state index is -0.521. The second kappa shape index (κ2) is 7.02. The highest BCUT2D eigenvalue weighted by atomic mass is 16.2. The summed E-state index contributed by atoms with van der Waals surface area (Å²) in [5.41, 5.74) is 3.02. The molecule has 2 heterocycles. The Balaban J connectivity index is 1.20. The summed E-state index contributed by atoms with van der Waals surface area (Å²) in [6.07, 6.45) is 8.26. The van der Waals surface area contributed by atoms with Crippen molar-refractivity contribution < 1.29 is 4.79 Å². The van der Waals surface area contributed by atoms with E-state index >= 15 is 0 Å². The minimum absolute atomic E-state index is 0.0365. The van der Waals surface area contributed by atoms with Crippen molar-refractivity contribution in [2.45, 2.75) is 62.6 Å². The highest BCUT2D eigenvalue weighted by Gasteiger charge is 2.43. The lowest BCUT2D eigenvalue weighted by Crippen LogP contribution is -2.50. The van der Waals surface area contributed by atoms with Crippen molar-refractivity contribution in [2.24, 2.45) is 5.92 Å². The Bertz CT molecular complexity index is 910. The van der Waals surface area contributed by atoms with Gasteiger partial charge in [0.2, 0.25) is 5.91 Å². The van der Waals surface area contributed by atoms with Gasteiger partial charge in [0.25, 0.3) is 0 Å². The predicted molar refractivity (Wildman–Crippen MR) is 103 cm³/mol. The highest BCUT2D eigenvalue weighted by Crippen LogP contribution is 2.38. The molecule has 2 N–H and O–H groups in total. The first kappa shape index (κ1) is 17.4. The van der Waals surface area contributed by atoms with E-state index in [0.29, 0.717) is 24.3 Å². The van der Waals surface area contributed by atoms with Crippen LogP contribution in [0, 0.1) is 17.2 Å². The third-order valence-corrected chi connectivity index (χ3v) is 6.26. The van der Waals surface area contributed by atoms with E-state index in [9.17, 15) is 10.1 Å². The zero-order chi connectivity index (χ0) is 19.1. The molecule has 1 aliphatic heterocycles. The first-order valence-electron chi connectivity index (χ1n) is 10.2. The number of nitrogens with zero attached hydrogens (tertiary/aromatic N) is 4. The number of fused-ring (bicyclic) bond motifs is 2. The first-order chi connectivity index (χ1) is 13.7. The number of carbonyl (C=O) groups is 1. The Kier molecular flexibility index (Phi) is 4.36. The van der Waals surface area contributed by atoms with E-state index in [1.165, 1.54) is 12.8 Å². The highest BCUT2D eigenvalue weighted by molar-refractivity contribution is 5.83. The first-order valence-corrected chi connectivity index (χ1v) is 10.2. The molecule has 1 aromatic heterocycles. The third-order valence-electron chi connectivity index (χ3n) is 6.26. The normalized spacial score (nSPS) is 26.8. The molecule has 1 aromatic carbocycles. The molecule has 7 heteroatoms. The van der Waals surface area contributed by atoms with E-state index < -0.39 is 6.04 Å². The van der Waals surface area contributed by atoms with Crippen LogP contribution in [0.4, 0.5) is 0 Å². The molecule has 5 rings (SSSR count). The fourth-order valence-corrected chi connectivity index (χ4v) is 4.53. The van der Waals surface area contributed by atoms with Gasteiger partial charge < -0.3 is 10.6 Å². The van der Waals surface area contributed by atoms with Gasteiger partial charge in [-0.2, -0.15) is 5.26 Å². The number of amides is 1. The van der Waals surface area contributed by atoms with E-state index in [1.807, 2.05) is 30.5 Å². The van der Waals surface area contributed by atoms with Gasteiger partial charge in [0.05, 0.1) is 29.7 Å². The quantitative estimate of drug-likeness (QED) is 0.802. The number of nitrogens with one attached hydrogen (secondary N) is 2. The van der Waals surface area contributed by atoms with Crippen LogP contribution < -0.4 is 10.6 Å². The number of rotatable bonds is 6. The summed E-state index contributed by atoms with van der Waals surface area (Å²) in [7, 11) is 0. The summed E-state index contributed by atoms with van der Waals surface area (Å²) in [5.74, 6) is 0.968. The molecule has 4 atom stereocenters. The van der Waals surface area contributed by atoms with Crippen molar-refractivity contribution in [3.63, 3.8) is 0 Å². The summed E-state index contributed by atoms with van der Waals surface area (Å²) in [5, 5.41) is 24.3. The van der Waals surface area contributed by atoms with Crippen LogP contribution in [0.25, 0.3) is 5.69 Å². The number of carbonyl (C=O) groups excluding carboxylic acids is 1. The number of benzene rings is 1. The van der Waals surface area contributed by atoms with Crippen molar-refractivity contribution in [3.8, 4) is 11.8 Å². The topological polar surface area (TPSA) is 95.6 Å². The van der Waals surface area contributed by atoms with Crippen LogP contribution in [-0.2, 0) is 11.2 Å². The maximum Gasteiger partial charge on any atom is 0.238 e. The molecule has 1 saturated heterocycles. The summed E-state index contributed by atoms with van der Waals surface area (Å²) in [6, 6.07) is 9.99. The maximum atomic E-state index is 12.6. The van der Waals surface area contributed by atoms with E-state index in [4.69, 9.17) is 0 Å². The van der Waals surface area contributed by atoms with Crippen molar-refractivity contribution in [1.82, 2.24) is 25.6 Å². The van der Waals surface area contributed by atoms with Gasteiger partial charge in [-0.25, -0.2) is 4.68 Å². The van der Waals surface area contributed by atoms with Crippen LogP contribution in [0.1, 0.15) is 49.3 Å². The molecule has 3 fully saturated rings. The van der Waals surface area contributed by atoms with Crippen molar-refractivity contribution in [3.05, 3.63) is 41.7 Å². The lowest BCUT2D eigenvalue weighted by Gasteiger charge is -2.23. The van der Waals surface area contributed by atoms with Gasteiger partial charge in [-0.15, -0.1) is 5.10 Å². The van der Waals surface area contributed by atoms with Crippen molar-refractivity contribution >= 4 is 5.91 Å². The fraction of sp³-hybridized carbons (Fsp3) is 0.524. The Labute approximate surface area is 164 Å². The van der Waals surface area contributed by atoms with Gasteiger partial charge in [0.15, 0.2) is 0 Å². The molecule has 2 bridgehead atoms. The summed E-state index contributed by atoms with van der Waals surface area (Å²) in [4.78, 5) is 12.6. The summed E-state index contributed by atoms with van der Waals surface area (Å²) >= 11 is 0. The van der Waals surface area contributed by atoms with Crippen LogP contribution >= 0.6 is 0 Å². The lowest BCUT2D eigenvalue weighted by molar-refractivity contribution is -0.124. The molecule has 144 valence electrons. The molecule has 0 radical (unpaired) electrons. The number of hydrogen-bond acceptors (Lipinski definition) is 5. The largest absolute Gasteiger partial charge is 0.339 e. The number of hydrogen-bond donors (Lipinski definition) is 2. The average molecular weight is 376 g/mol. The Morgan fingerprint density at radius 2 is 2.11 bits per heavy atom. The van der Waals surface area contributed by atoms with Gasteiger partial charge in [-0.05, 0) is 55.7 Å². The molecule has 28 heavy (non-hydrogen) atoms. The lowest BCUT2D eigenvalue weighted by atomic mass is 9.98. The minimum Gasteiger partial charge on any atom is -0.339 e. The van der Waals surface area contributed by atoms with Gasteiger partial charge >= 0.3 is 0 Å². The van der Waals surface area contributed by atoms with Crippen molar-refractivity contribution in [2.75, 3.05) is 0 Å². The molecular weight excluding hydrogens is 352 g/mol. The van der Waals surface area contributed by atoms with Gasteiger partial charge in [0.1, 0.15) is 6.04 Å². The van der Waals surface area contributed by atoms with E-state index in [1.54, 1.807) is 4.68 Å². The molecule has 4 unspecified atom stereocenters. The van der Waals surface area contributed by atoms with Crippen molar-refractivity contribution in [1.29, 1.82) is 5.26 Å². The number of aromatic nitrogens is 3. The molecule has 0 spiro atoms. The second-order valence-corrected chi connectivity index (χ2v) is 8.34. The van der Waals surface area contributed by atoms with E-state index in [-0.39, 0.29) is 11.9 Å². The van der Waals surface area contributed by atoms with Gasteiger partial charge in [0, 0.05) is 18.4 Å². The Morgan fingerprint density at radius 1 is 1.29 bits per heavy atom. The monoisotopic (exact) mass is 376 g/mol. The second-order valence-electron chi connectivity index (χ2n) is 8.34. The molecule has 3 aliphatic rings. The molecule has 2 saturated carbocycles. The Hall–Kier alpha value is -2.72. The zero-order valence-electron chi connectivity index (χ0n) is 15.7. The van der Waals surface area contributed by atoms with Crippen LogP contribution in [0.5, 0.6) is 0 Å². The number of nitriles is 1. The average Bonchev–Trinajstić information content (AvgIpc) is 3.13. The predicted octanol–water partition coefficient (Wildman–Crippen LogP) is 1.84. The standard InChI is InChI=1S/C21H24N6O/c22-11-17(24-21(28)20-15-5-6-16(10-15)23-20)9-13-1-7-18(8-2-13)27-12-19(25-26-27)14-3-4-14/h1-2,7-8,12,14-17,20,23H,3-6,9-10H2,(H,24,28). The van der Waals surface area contributed by atoms with E-state index in [2.05, 4.69) is 27.0 Å². The molecular formula is C21H24N6O. The molecule has 7 nitrogen and oxygen atoms in total. The van der Waals surface area contributed by atoms with Crippen LogP contribution in [0.2, 0.25) is 0 Å². The van der Waals surface area contributed by atoms with Gasteiger partial charge in [-0.1, -0.05) is 17.3 Å². The summed E-state index contributed by atoms with van der Waals surface area (Å²) in [6.45, 7) is 0. The smallest absolute Gasteiger partial charge is 0.238 e. The van der Waals surface area contributed by atoms with Crippen LogP contribution in [0.15, 0.2) is 30.5 Å². The van der Waals surface area contributed by atoms with E-state index in [0.717, 1.165) is 36.2 Å². The molecule has 2 aliphatic carbocycles. The zero-order valence-corrected chi connectivity index (χ0v) is 15.7. The SMILES string of the molecule is N#CC(Cc1ccc(-n2cc(C3CC3)nn2)cc1)NC(=O)C1NC2CCC1C2. The fourth-order valence-electron chi connectivity index (χ4n) is 4.53. The third kappa shape index (κ3) is 3.40. The summed E-state index contributed by atoms with van der Waals surface area (Å²) < 4.78 is 1.79. The maximum absolute atomic E-state index is 12.6.